The summed E-state index contributed by atoms with van der Waals surface area (Å²) in [7, 11) is 0. The average molecular weight is 473 g/mol. The lowest BCUT2D eigenvalue weighted by molar-refractivity contribution is -0.143. The van der Waals surface area contributed by atoms with Crippen LogP contribution in [0.5, 0.6) is 0 Å². The van der Waals surface area contributed by atoms with Crippen molar-refractivity contribution < 1.29 is 34.2 Å². The lowest BCUT2D eigenvalue weighted by Gasteiger charge is -2.27. The van der Waals surface area contributed by atoms with Crippen LogP contribution in [0.3, 0.4) is 0 Å². The van der Waals surface area contributed by atoms with Gasteiger partial charge in [-0.1, -0.05) is 48.0 Å². The molecule has 0 radical (unpaired) electrons. The van der Waals surface area contributed by atoms with Gasteiger partial charge in [-0.05, 0) is 30.6 Å². The van der Waals surface area contributed by atoms with Gasteiger partial charge in [0.05, 0.1) is 6.04 Å². The highest BCUT2D eigenvalue weighted by Crippen LogP contribution is 2.10. The number of nitrogens with one attached hydrogen (secondary N) is 3. The van der Waals surface area contributed by atoms with Crippen LogP contribution in [0.25, 0.3) is 0 Å². The number of rotatable bonds is 15. The van der Waals surface area contributed by atoms with Gasteiger partial charge >= 0.3 is 11.9 Å². The number of nitrogens with two attached hydrogens (primary N) is 1. The van der Waals surface area contributed by atoms with E-state index in [-0.39, 0.29) is 37.0 Å². The molecule has 7 N–H and O–H groups in total. The Balaban J connectivity index is 5.60. The van der Waals surface area contributed by atoms with Crippen LogP contribution in [0.2, 0.25) is 0 Å². The van der Waals surface area contributed by atoms with E-state index in [0.717, 1.165) is 0 Å². The summed E-state index contributed by atoms with van der Waals surface area (Å²) < 4.78 is 0. The van der Waals surface area contributed by atoms with Gasteiger partial charge in [0.2, 0.25) is 17.7 Å². The zero-order valence-corrected chi connectivity index (χ0v) is 20.4. The van der Waals surface area contributed by atoms with Crippen LogP contribution >= 0.6 is 0 Å². The van der Waals surface area contributed by atoms with Crippen LogP contribution in [-0.4, -0.2) is 64.0 Å². The van der Waals surface area contributed by atoms with Crippen LogP contribution in [0.15, 0.2) is 0 Å². The van der Waals surface area contributed by atoms with E-state index in [0.29, 0.717) is 6.42 Å². The summed E-state index contributed by atoms with van der Waals surface area (Å²) in [5.74, 6) is -4.90. The molecule has 0 bridgehead atoms. The average Bonchev–Trinajstić information content (AvgIpc) is 2.71. The first-order chi connectivity index (χ1) is 15.2. The fourth-order valence-corrected chi connectivity index (χ4v) is 3.06. The summed E-state index contributed by atoms with van der Waals surface area (Å²) in [4.78, 5) is 60.7. The van der Waals surface area contributed by atoms with Crippen molar-refractivity contribution >= 4 is 29.7 Å². The molecule has 0 spiro atoms. The molecule has 190 valence electrons. The maximum absolute atomic E-state index is 12.9. The zero-order chi connectivity index (χ0) is 25.9. The van der Waals surface area contributed by atoms with E-state index in [1.54, 1.807) is 20.8 Å². The van der Waals surface area contributed by atoms with Gasteiger partial charge in [0.25, 0.3) is 0 Å². The molecule has 5 atom stereocenters. The van der Waals surface area contributed by atoms with Crippen LogP contribution in [-0.2, 0) is 24.0 Å². The fourth-order valence-electron chi connectivity index (χ4n) is 3.06. The minimum absolute atomic E-state index is 0.0192. The number of amides is 3. The lowest BCUT2D eigenvalue weighted by Crippen LogP contribution is -2.58. The van der Waals surface area contributed by atoms with Crippen molar-refractivity contribution in [3.63, 3.8) is 0 Å². The van der Waals surface area contributed by atoms with Gasteiger partial charge in [-0.3, -0.25) is 19.2 Å². The topological polar surface area (TPSA) is 188 Å². The molecule has 0 aliphatic carbocycles. The molecule has 0 heterocycles. The maximum Gasteiger partial charge on any atom is 0.326 e. The van der Waals surface area contributed by atoms with Crippen molar-refractivity contribution in [3.8, 4) is 0 Å². The molecule has 0 saturated heterocycles. The third kappa shape index (κ3) is 11.1. The number of hydrogen-bond donors (Lipinski definition) is 6. The zero-order valence-electron chi connectivity index (χ0n) is 20.4. The Bertz CT molecular complexity index is 696. The second-order valence-electron chi connectivity index (χ2n) is 9.16. The third-order valence-electron chi connectivity index (χ3n) is 5.41. The van der Waals surface area contributed by atoms with Gasteiger partial charge in [0, 0.05) is 6.42 Å². The van der Waals surface area contributed by atoms with Crippen LogP contribution < -0.4 is 21.7 Å². The predicted molar refractivity (Wildman–Crippen MR) is 122 cm³/mol. The van der Waals surface area contributed by atoms with Crippen molar-refractivity contribution in [2.75, 3.05) is 0 Å². The molecule has 33 heavy (non-hydrogen) atoms. The first-order valence-corrected chi connectivity index (χ1v) is 11.3. The quantitative estimate of drug-likeness (QED) is 0.198. The minimum Gasteiger partial charge on any atom is -0.481 e. The number of hydrogen-bond acceptors (Lipinski definition) is 6. The molecule has 0 fully saturated rings. The Morgan fingerprint density at radius 3 is 1.76 bits per heavy atom. The molecule has 3 amide bonds. The highest BCUT2D eigenvalue weighted by atomic mass is 16.4. The first-order valence-electron chi connectivity index (χ1n) is 11.3. The van der Waals surface area contributed by atoms with Gasteiger partial charge in [0.15, 0.2) is 0 Å². The van der Waals surface area contributed by atoms with Gasteiger partial charge < -0.3 is 31.9 Å². The molecule has 11 heteroatoms. The van der Waals surface area contributed by atoms with Crippen molar-refractivity contribution in [1.29, 1.82) is 0 Å². The molecule has 0 saturated carbocycles. The molecule has 5 unspecified atom stereocenters. The van der Waals surface area contributed by atoms with E-state index in [2.05, 4.69) is 16.0 Å². The molecule has 11 nitrogen and oxygen atoms in total. The largest absolute Gasteiger partial charge is 0.481 e. The normalized spacial score (nSPS) is 15.8. The van der Waals surface area contributed by atoms with Gasteiger partial charge in [-0.15, -0.1) is 0 Å². The Labute approximate surface area is 195 Å². The van der Waals surface area contributed by atoms with E-state index in [4.69, 9.17) is 10.8 Å². The van der Waals surface area contributed by atoms with Gasteiger partial charge in [-0.2, -0.15) is 0 Å². The Kier molecular flexibility index (Phi) is 13.3. The van der Waals surface area contributed by atoms with Crippen molar-refractivity contribution in [1.82, 2.24) is 16.0 Å². The predicted octanol–water partition coefficient (Wildman–Crippen LogP) is 0.466. The Morgan fingerprint density at radius 1 is 0.818 bits per heavy atom. The van der Waals surface area contributed by atoms with E-state index in [1.807, 2.05) is 20.8 Å². The van der Waals surface area contributed by atoms with Crippen LogP contribution in [0, 0.1) is 17.8 Å². The molecule has 0 aromatic heterocycles. The fraction of sp³-hybridized carbons (Fsp3) is 0.773. The van der Waals surface area contributed by atoms with Crippen molar-refractivity contribution in [2.45, 2.75) is 91.4 Å². The monoisotopic (exact) mass is 472 g/mol. The van der Waals surface area contributed by atoms with Crippen molar-refractivity contribution in [3.05, 3.63) is 0 Å². The number of carbonyl (C=O) groups is 5. The number of aliphatic carboxylic acids is 2. The molecule has 0 aromatic rings. The molecule has 0 aliphatic heterocycles. The van der Waals surface area contributed by atoms with Gasteiger partial charge in [-0.25, -0.2) is 4.79 Å². The molecule has 0 rings (SSSR count). The molecular formula is C22H40N4O7. The smallest absolute Gasteiger partial charge is 0.326 e. The highest BCUT2D eigenvalue weighted by molar-refractivity contribution is 5.94. The van der Waals surface area contributed by atoms with Gasteiger partial charge in [0.1, 0.15) is 18.1 Å². The maximum atomic E-state index is 12.9. The van der Waals surface area contributed by atoms with E-state index >= 15 is 0 Å². The number of carboxylic acids is 2. The highest BCUT2D eigenvalue weighted by Gasteiger charge is 2.32. The summed E-state index contributed by atoms with van der Waals surface area (Å²) >= 11 is 0. The van der Waals surface area contributed by atoms with Crippen LogP contribution in [0.4, 0.5) is 0 Å². The third-order valence-corrected chi connectivity index (χ3v) is 5.41. The molecule has 0 aromatic carbocycles. The minimum atomic E-state index is -1.22. The van der Waals surface area contributed by atoms with E-state index in [9.17, 15) is 29.1 Å². The SMILES string of the molecule is CCC(C)C(N)C(=O)NC(CCC(=O)O)C(=O)NC(CC(C)C)C(=O)NC(C(=O)O)C(C)C. The molecule has 0 aliphatic rings. The number of carbonyl (C=O) groups excluding carboxylic acids is 3. The lowest BCUT2D eigenvalue weighted by atomic mass is 9.98. The summed E-state index contributed by atoms with van der Waals surface area (Å²) in [6.45, 7) is 10.6. The first kappa shape index (κ1) is 30.3. The van der Waals surface area contributed by atoms with Crippen molar-refractivity contribution in [2.24, 2.45) is 23.5 Å². The number of carboxylic acid groups (broad SMARTS) is 2. The summed E-state index contributed by atoms with van der Waals surface area (Å²) in [5.41, 5.74) is 5.92. The summed E-state index contributed by atoms with van der Waals surface area (Å²) in [5, 5.41) is 25.9. The Morgan fingerprint density at radius 2 is 1.33 bits per heavy atom. The second kappa shape index (κ2) is 14.5. The second-order valence-corrected chi connectivity index (χ2v) is 9.16. The Hall–Kier alpha value is -2.69. The van der Waals surface area contributed by atoms with E-state index < -0.39 is 53.8 Å². The van der Waals surface area contributed by atoms with E-state index in [1.165, 1.54) is 0 Å². The standard InChI is InChI=1S/C22H40N4O7/c1-7-13(6)17(23)21(31)24-14(8-9-16(27)28)19(29)25-15(10-11(2)3)20(30)26-18(12(4)5)22(32)33/h11-15,17-18H,7-10,23H2,1-6H3,(H,24,31)(H,25,29)(H,26,30)(H,27,28)(H,32,33). The summed E-state index contributed by atoms with van der Waals surface area (Å²) in [6.07, 6.45) is 0.276. The van der Waals surface area contributed by atoms with Crippen LogP contribution in [0.1, 0.15) is 67.2 Å². The summed E-state index contributed by atoms with van der Waals surface area (Å²) in [6, 6.07) is -4.30. The molecular weight excluding hydrogens is 432 g/mol.